The lowest BCUT2D eigenvalue weighted by Crippen LogP contribution is -2.45. The topological polar surface area (TPSA) is 69.2 Å². The Labute approximate surface area is 190 Å². The molecule has 2 aliphatic heterocycles. The van der Waals surface area contributed by atoms with Crippen LogP contribution in [0.25, 0.3) is 0 Å². The largest absolute Gasteiger partial charge is 0.495 e. The number of para-hydroxylation sites is 3. The van der Waals surface area contributed by atoms with Gasteiger partial charge in [0.1, 0.15) is 5.75 Å². The van der Waals surface area contributed by atoms with Gasteiger partial charge >= 0.3 is 0 Å². The lowest BCUT2D eigenvalue weighted by Gasteiger charge is -2.22. The van der Waals surface area contributed by atoms with Gasteiger partial charge in [-0.15, -0.1) is 0 Å². The van der Waals surface area contributed by atoms with E-state index in [1.54, 1.807) is 14.2 Å². The van der Waals surface area contributed by atoms with Gasteiger partial charge in [0.05, 0.1) is 12.8 Å². The summed E-state index contributed by atoms with van der Waals surface area (Å²) in [5.74, 6) is 1.89. The number of rotatable bonds is 7. The van der Waals surface area contributed by atoms with Crippen molar-refractivity contribution >= 4 is 23.2 Å². The van der Waals surface area contributed by atoms with Crippen molar-refractivity contribution in [1.82, 2.24) is 10.6 Å². The first kappa shape index (κ1) is 22.0. The second-order valence-corrected chi connectivity index (χ2v) is 8.27. The smallest absolute Gasteiger partial charge is 0.227 e. The van der Waals surface area contributed by atoms with Gasteiger partial charge in [0, 0.05) is 51.4 Å². The fourth-order valence-corrected chi connectivity index (χ4v) is 4.55. The zero-order chi connectivity index (χ0) is 22.3. The molecule has 0 radical (unpaired) electrons. The molecular weight excluding hydrogens is 402 g/mol. The van der Waals surface area contributed by atoms with Crippen molar-refractivity contribution in [1.29, 1.82) is 0 Å². The third kappa shape index (κ3) is 4.98. The quantitative estimate of drug-likeness (QED) is 0.398. The third-order valence-corrected chi connectivity index (χ3v) is 6.23. The van der Waals surface area contributed by atoms with Crippen molar-refractivity contribution in [3.05, 3.63) is 54.1 Å². The SMILES string of the molecule is CN=C(NCCCC(=O)N1CCc2ccccc21)NC1CCN(c2ccccc2OC)C1. The van der Waals surface area contributed by atoms with E-state index in [9.17, 15) is 4.79 Å². The highest BCUT2D eigenvalue weighted by Crippen LogP contribution is 2.30. The summed E-state index contributed by atoms with van der Waals surface area (Å²) in [6.45, 7) is 3.37. The van der Waals surface area contributed by atoms with E-state index >= 15 is 0 Å². The van der Waals surface area contributed by atoms with E-state index in [0.717, 1.165) is 62.0 Å². The minimum atomic E-state index is 0.197. The molecule has 0 bridgehead atoms. The second-order valence-electron chi connectivity index (χ2n) is 8.27. The number of anilines is 2. The summed E-state index contributed by atoms with van der Waals surface area (Å²) in [7, 11) is 3.50. The number of carbonyl (C=O) groups is 1. The molecule has 0 spiro atoms. The molecule has 1 unspecified atom stereocenters. The predicted octanol–water partition coefficient (Wildman–Crippen LogP) is 2.81. The number of hydrogen-bond acceptors (Lipinski definition) is 4. The van der Waals surface area contributed by atoms with E-state index in [1.165, 1.54) is 5.56 Å². The maximum Gasteiger partial charge on any atom is 0.227 e. The van der Waals surface area contributed by atoms with Crippen molar-refractivity contribution in [2.45, 2.75) is 31.7 Å². The molecule has 4 rings (SSSR count). The van der Waals surface area contributed by atoms with Crippen molar-refractivity contribution in [3.8, 4) is 5.75 Å². The first-order chi connectivity index (χ1) is 15.7. The van der Waals surface area contributed by atoms with Crippen molar-refractivity contribution in [2.75, 3.05) is 50.1 Å². The number of nitrogens with zero attached hydrogens (tertiary/aromatic N) is 3. The minimum Gasteiger partial charge on any atom is -0.495 e. The van der Waals surface area contributed by atoms with E-state index in [4.69, 9.17) is 4.74 Å². The Morgan fingerprint density at radius 2 is 1.91 bits per heavy atom. The van der Waals surface area contributed by atoms with Gasteiger partial charge in [-0.2, -0.15) is 0 Å². The van der Waals surface area contributed by atoms with Gasteiger partial charge < -0.3 is 25.2 Å². The number of carbonyl (C=O) groups excluding carboxylic acids is 1. The Bertz CT molecular complexity index is 961. The average molecular weight is 436 g/mol. The monoisotopic (exact) mass is 435 g/mol. The van der Waals surface area contributed by atoms with Crippen LogP contribution in [0.4, 0.5) is 11.4 Å². The number of aliphatic imine (C=N–C) groups is 1. The highest BCUT2D eigenvalue weighted by molar-refractivity contribution is 5.95. The molecule has 2 N–H and O–H groups in total. The summed E-state index contributed by atoms with van der Waals surface area (Å²) >= 11 is 0. The zero-order valence-corrected chi connectivity index (χ0v) is 19.0. The van der Waals surface area contributed by atoms with E-state index in [1.807, 2.05) is 41.3 Å². The molecule has 1 saturated heterocycles. The minimum absolute atomic E-state index is 0.197. The molecule has 0 aliphatic carbocycles. The Morgan fingerprint density at radius 1 is 1.12 bits per heavy atom. The maximum absolute atomic E-state index is 12.7. The molecule has 1 atom stereocenters. The van der Waals surface area contributed by atoms with E-state index in [2.05, 4.69) is 32.7 Å². The highest BCUT2D eigenvalue weighted by atomic mass is 16.5. The second kappa shape index (κ2) is 10.4. The molecule has 1 amide bonds. The van der Waals surface area contributed by atoms with Crippen LogP contribution in [-0.2, 0) is 11.2 Å². The lowest BCUT2D eigenvalue weighted by molar-refractivity contribution is -0.118. The van der Waals surface area contributed by atoms with Gasteiger partial charge in [-0.1, -0.05) is 30.3 Å². The molecule has 0 saturated carbocycles. The van der Waals surface area contributed by atoms with Crippen LogP contribution in [0.15, 0.2) is 53.5 Å². The molecule has 0 aromatic heterocycles. The highest BCUT2D eigenvalue weighted by Gasteiger charge is 2.26. The summed E-state index contributed by atoms with van der Waals surface area (Å²) in [4.78, 5) is 21.3. The molecule has 1 fully saturated rings. The summed E-state index contributed by atoms with van der Waals surface area (Å²) in [5, 5.41) is 6.88. The van der Waals surface area contributed by atoms with Crippen molar-refractivity contribution in [2.24, 2.45) is 4.99 Å². The van der Waals surface area contributed by atoms with Crippen LogP contribution in [0.3, 0.4) is 0 Å². The van der Waals surface area contributed by atoms with Gasteiger partial charge in [0.15, 0.2) is 5.96 Å². The fraction of sp³-hybridized carbons (Fsp3) is 0.440. The number of guanidine groups is 1. The van der Waals surface area contributed by atoms with Gasteiger partial charge in [0.25, 0.3) is 0 Å². The Hall–Kier alpha value is -3.22. The van der Waals surface area contributed by atoms with Gasteiger partial charge in [0.2, 0.25) is 5.91 Å². The predicted molar refractivity (Wildman–Crippen MR) is 130 cm³/mol. The summed E-state index contributed by atoms with van der Waals surface area (Å²) in [5.41, 5.74) is 3.47. The molecule has 2 heterocycles. The van der Waals surface area contributed by atoms with Gasteiger partial charge in [-0.25, -0.2) is 0 Å². The molecule has 2 aromatic carbocycles. The normalized spacial score (nSPS) is 17.9. The van der Waals surface area contributed by atoms with E-state index in [-0.39, 0.29) is 5.91 Å². The molecule has 2 aromatic rings. The average Bonchev–Trinajstić information content (AvgIpc) is 3.48. The fourth-order valence-electron chi connectivity index (χ4n) is 4.55. The van der Waals surface area contributed by atoms with Crippen LogP contribution in [0.1, 0.15) is 24.8 Å². The summed E-state index contributed by atoms with van der Waals surface area (Å²) in [6, 6.07) is 16.6. The number of benzene rings is 2. The molecule has 170 valence electrons. The van der Waals surface area contributed by atoms with Crippen LogP contribution < -0.4 is 25.2 Å². The third-order valence-electron chi connectivity index (χ3n) is 6.23. The van der Waals surface area contributed by atoms with Crippen LogP contribution >= 0.6 is 0 Å². The standard InChI is InChI=1S/C25H33N5O2/c1-26-25(28-20-14-16-29(18-20)22-10-5-6-11-23(22)32-2)27-15-7-12-24(31)30-17-13-19-8-3-4-9-21(19)30/h3-6,8-11,20H,7,12-18H2,1-2H3,(H2,26,27,28). The lowest BCUT2D eigenvalue weighted by atomic mass is 10.2. The Morgan fingerprint density at radius 3 is 2.72 bits per heavy atom. The number of nitrogens with one attached hydrogen (secondary N) is 2. The maximum atomic E-state index is 12.7. The number of hydrogen-bond donors (Lipinski definition) is 2. The first-order valence-corrected chi connectivity index (χ1v) is 11.4. The van der Waals surface area contributed by atoms with E-state index < -0.39 is 0 Å². The molecule has 7 heteroatoms. The number of methoxy groups -OCH3 is 1. The van der Waals surface area contributed by atoms with E-state index in [0.29, 0.717) is 19.0 Å². The number of fused-ring (bicyclic) bond motifs is 1. The van der Waals surface area contributed by atoms with Gasteiger partial charge in [-0.05, 0) is 43.0 Å². The molecular formula is C25H33N5O2. The molecule has 7 nitrogen and oxygen atoms in total. The first-order valence-electron chi connectivity index (χ1n) is 11.4. The van der Waals surface area contributed by atoms with Crippen LogP contribution in [0, 0.1) is 0 Å². The van der Waals surface area contributed by atoms with Crippen molar-refractivity contribution < 1.29 is 9.53 Å². The number of ether oxygens (including phenoxy) is 1. The Kier molecular flexibility index (Phi) is 7.14. The van der Waals surface area contributed by atoms with Crippen LogP contribution in [0.5, 0.6) is 5.75 Å². The van der Waals surface area contributed by atoms with Crippen LogP contribution in [-0.4, -0.2) is 58.2 Å². The Balaban J connectivity index is 1.20. The summed E-state index contributed by atoms with van der Waals surface area (Å²) < 4.78 is 5.51. The zero-order valence-electron chi connectivity index (χ0n) is 19.0. The molecule has 32 heavy (non-hydrogen) atoms. The molecule has 2 aliphatic rings. The van der Waals surface area contributed by atoms with Gasteiger partial charge in [-0.3, -0.25) is 9.79 Å². The summed E-state index contributed by atoms with van der Waals surface area (Å²) in [6.07, 6.45) is 3.29. The van der Waals surface area contributed by atoms with Crippen molar-refractivity contribution in [3.63, 3.8) is 0 Å². The van der Waals surface area contributed by atoms with Crippen LogP contribution in [0.2, 0.25) is 0 Å². The number of amides is 1.